The highest BCUT2D eigenvalue weighted by Gasteiger charge is 2.15. The van der Waals surface area contributed by atoms with Gasteiger partial charge >= 0.3 is 5.97 Å². The molecular formula is C7H12O3. The van der Waals surface area contributed by atoms with Crippen molar-refractivity contribution >= 4 is 5.97 Å². The molecule has 0 rings (SSSR count). The van der Waals surface area contributed by atoms with E-state index in [9.17, 15) is 4.79 Å². The Kier molecular flexibility index (Phi) is 2.46. The van der Waals surface area contributed by atoms with Gasteiger partial charge in [0.15, 0.2) is 5.76 Å². The van der Waals surface area contributed by atoms with Crippen molar-refractivity contribution in [2.45, 2.75) is 26.4 Å². The van der Waals surface area contributed by atoms with Crippen LogP contribution in [-0.4, -0.2) is 16.7 Å². The van der Waals surface area contributed by atoms with Gasteiger partial charge in [-0.05, 0) is 27.4 Å². The number of rotatable bonds is 2. The van der Waals surface area contributed by atoms with Crippen molar-refractivity contribution in [3.63, 3.8) is 0 Å². The number of hydrogen-bond acceptors (Lipinski definition) is 2. The van der Waals surface area contributed by atoms with Gasteiger partial charge in [0.05, 0.1) is 0 Å². The maximum absolute atomic E-state index is 10.2. The number of hydrogen-bond donors (Lipinski definition) is 1. The molecule has 0 aromatic carbocycles. The molecule has 0 saturated heterocycles. The molecule has 0 saturated carbocycles. The van der Waals surface area contributed by atoms with Crippen LogP contribution in [-0.2, 0) is 9.53 Å². The molecule has 0 aliphatic carbocycles. The van der Waals surface area contributed by atoms with Crippen molar-refractivity contribution in [2.75, 3.05) is 0 Å². The first-order valence-corrected chi connectivity index (χ1v) is 2.94. The molecule has 0 aromatic rings. The lowest BCUT2D eigenvalue weighted by Crippen LogP contribution is -2.21. The highest BCUT2D eigenvalue weighted by Crippen LogP contribution is 2.11. The van der Waals surface area contributed by atoms with Crippen LogP contribution in [0.2, 0.25) is 0 Å². The molecule has 0 spiro atoms. The molecule has 3 nitrogen and oxygen atoms in total. The summed E-state index contributed by atoms with van der Waals surface area (Å²) in [6.45, 7) is 8.51. The highest BCUT2D eigenvalue weighted by atomic mass is 16.5. The number of carboxylic acid groups (broad SMARTS) is 1. The molecule has 58 valence electrons. The molecule has 3 heteroatoms. The molecule has 0 amide bonds. The van der Waals surface area contributed by atoms with Crippen LogP contribution in [0.25, 0.3) is 0 Å². The van der Waals surface area contributed by atoms with Gasteiger partial charge in [-0.2, -0.15) is 0 Å². The molecule has 0 heterocycles. The van der Waals surface area contributed by atoms with Gasteiger partial charge in [0.1, 0.15) is 5.60 Å². The summed E-state index contributed by atoms with van der Waals surface area (Å²) >= 11 is 0. The summed E-state index contributed by atoms with van der Waals surface area (Å²) < 4.78 is 4.91. The average Bonchev–Trinajstić information content (AvgIpc) is 1.60. The van der Waals surface area contributed by atoms with Crippen molar-refractivity contribution < 1.29 is 14.6 Å². The summed E-state index contributed by atoms with van der Waals surface area (Å²) in [5.74, 6) is -1.33. The number of carbonyl (C=O) groups is 1. The van der Waals surface area contributed by atoms with Crippen LogP contribution in [0.5, 0.6) is 0 Å². The van der Waals surface area contributed by atoms with Gasteiger partial charge in [-0.15, -0.1) is 0 Å². The standard InChI is InChI=1S/C7H12O3/c1-5(6(8)9)10-7(2,3)4/h1H2,2-4H3,(H,8,9). The molecule has 0 atom stereocenters. The number of aliphatic carboxylic acids is 1. The zero-order chi connectivity index (χ0) is 8.36. The Hall–Kier alpha value is -0.990. The Bertz CT molecular complexity index is 153. The van der Waals surface area contributed by atoms with Crippen molar-refractivity contribution in [2.24, 2.45) is 0 Å². The topological polar surface area (TPSA) is 46.5 Å². The minimum Gasteiger partial charge on any atom is -0.481 e. The molecule has 1 N–H and O–H groups in total. The van der Waals surface area contributed by atoms with Crippen molar-refractivity contribution in [1.29, 1.82) is 0 Å². The summed E-state index contributed by atoms with van der Waals surface area (Å²) in [6.07, 6.45) is 0. The number of ether oxygens (including phenoxy) is 1. The lowest BCUT2D eigenvalue weighted by Gasteiger charge is -2.20. The van der Waals surface area contributed by atoms with E-state index in [1.165, 1.54) is 0 Å². The largest absolute Gasteiger partial charge is 0.481 e. The van der Waals surface area contributed by atoms with Gasteiger partial charge in [0.25, 0.3) is 0 Å². The van der Waals surface area contributed by atoms with Crippen LogP contribution < -0.4 is 0 Å². The van der Waals surface area contributed by atoms with Crippen LogP contribution in [0.15, 0.2) is 12.3 Å². The van der Waals surface area contributed by atoms with Crippen LogP contribution >= 0.6 is 0 Å². The lowest BCUT2D eigenvalue weighted by atomic mass is 10.2. The summed E-state index contributed by atoms with van der Waals surface area (Å²) in [7, 11) is 0. The molecular weight excluding hydrogens is 132 g/mol. The van der Waals surface area contributed by atoms with E-state index in [0.717, 1.165) is 0 Å². The molecule has 10 heavy (non-hydrogen) atoms. The minimum absolute atomic E-state index is 0.215. The Morgan fingerprint density at radius 3 is 2.00 bits per heavy atom. The second-order valence-electron chi connectivity index (χ2n) is 2.94. The first kappa shape index (κ1) is 9.01. The normalized spacial score (nSPS) is 10.7. The summed E-state index contributed by atoms with van der Waals surface area (Å²) in [4.78, 5) is 10.2. The minimum atomic E-state index is -1.12. The summed E-state index contributed by atoms with van der Waals surface area (Å²) in [6, 6.07) is 0. The first-order chi connectivity index (χ1) is 4.33. The molecule has 0 aliphatic rings. The Labute approximate surface area is 60.3 Å². The van der Waals surface area contributed by atoms with E-state index in [4.69, 9.17) is 9.84 Å². The van der Waals surface area contributed by atoms with Crippen LogP contribution in [0.3, 0.4) is 0 Å². The average molecular weight is 144 g/mol. The maximum atomic E-state index is 10.2. The van der Waals surface area contributed by atoms with Gasteiger partial charge in [0, 0.05) is 0 Å². The second-order valence-corrected chi connectivity index (χ2v) is 2.94. The third kappa shape index (κ3) is 3.95. The third-order valence-electron chi connectivity index (χ3n) is 0.668. The Morgan fingerprint density at radius 2 is 1.90 bits per heavy atom. The fourth-order valence-electron chi connectivity index (χ4n) is 0.413. The first-order valence-electron chi connectivity index (χ1n) is 2.94. The third-order valence-corrected chi connectivity index (χ3v) is 0.668. The fraction of sp³-hybridized carbons (Fsp3) is 0.571. The van der Waals surface area contributed by atoms with Gasteiger partial charge in [0.2, 0.25) is 0 Å². The quantitative estimate of drug-likeness (QED) is 0.470. The van der Waals surface area contributed by atoms with E-state index >= 15 is 0 Å². The van der Waals surface area contributed by atoms with Crippen molar-refractivity contribution in [3.8, 4) is 0 Å². The predicted molar refractivity (Wildman–Crippen MR) is 37.6 cm³/mol. The van der Waals surface area contributed by atoms with Crippen LogP contribution in [0.1, 0.15) is 20.8 Å². The summed E-state index contributed by atoms with van der Waals surface area (Å²) in [5.41, 5.74) is -0.477. The van der Waals surface area contributed by atoms with Gasteiger partial charge in [-0.1, -0.05) is 0 Å². The lowest BCUT2D eigenvalue weighted by molar-refractivity contribution is -0.139. The van der Waals surface area contributed by atoms with Gasteiger partial charge in [-0.3, -0.25) is 0 Å². The van der Waals surface area contributed by atoms with E-state index in [0.29, 0.717) is 0 Å². The van der Waals surface area contributed by atoms with Crippen molar-refractivity contribution in [3.05, 3.63) is 12.3 Å². The Morgan fingerprint density at radius 1 is 1.50 bits per heavy atom. The number of carboxylic acids is 1. The van der Waals surface area contributed by atoms with Crippen molar-refractivity contribution in [1.82, 2.24) is 0 Å². The molecule has 0 aromatic heterocycles. The van der Waals surface area contributed by atoms with E-state index in [-0.39, 0.29) is 5.76 Å². The van der Waals surface area contributed by atoms with E-state index < -0.39 is 11.6 Å². The zero-order valence-electron chi connectivity index (χ0n) is 6.47. The SMILES string of the molecule is C=C(OC(C)(C)C)C(=O)O. The van der Waals surface area contributed by atoms with Crippen LogP contribution in [0.4, 0.5) is 0 Å². The monoisotopic (exact) mass is 144 g/mol. The molecule has 0 fully saturated rings. The molecule has 0 radical (unpaired) electrons. The molecule has 0 aliphatic heterocycles. The van der Waals surface area contributed by atoms with Gasteiger partial charge < -0.3 is 9.84 Å². The molecule has 0 unspecified atom stereocenters. The van der Waals surface area contributed by atoms with E-state index in [2.05, 4.69) is 6.58 Å². The van der Waals surface area contributed by atoms with E-state index in [1.807, 2.05) is 0 Å². The van der Waals surface area contributed by atoms with E-state index in [1.54, 1.807) is 20.8 Å². The summed E-state index contributed by atoms with van der Waals surface area (Å²) in [5, 5.41) is 8.32. The fourth-order valence-corrected chi connectivity index (χ4v) is 0.413. The maximum Gasteiger partial charge on any atom is 0.370 e. The highest BCUT2D eigenvalue weighted by molar-refractivity contribution is 5.83. The zero-order valence-corrected chi connectivity index (χ0v) is 6.47. The second kappa shape index (κ2) is 2.73. The Balaban J connectivity index is 3.93. The molecule has 0 bridgehead atoms. The smallest absolute Gasteiger partial charge is 0.370 e. The van der Waals surface area contributed by atoms with Crippen LogP contribution in [0, 0.1) is 0 Å². The van der Waals surface area contributed by atoms with Gasteiger partial charge in [-0.25, -0.2) is 4.79 Å². The predicted octanol–water partition coefficient (Wildman–Crippen LogP) is 1.40.